The molecule has 0 aliphatic heterocycles. The fourth-order valence-corrected chi connectivity index (χ4v) is 2.51. The van der Waals surface area contributed by atoms with Crippen LogP contribution in [0, 0.1) is 5.82 Å². The number of aromatic nitrogens is 2. The fourth-order valence-electron chi connectivity index (χ4n) is 2.51. The van der Waals surface area contributed by atoms with Gasteiger partial charge in [-0.25, -0.2) is 4.39 Å². The molecule has 0 unspecified atom stereocenters. The smallest absolute Gasteiger partial charge is 0.141 e. The van der Waals surface area contributed by atoms with Gasteiger partial charge in [-0.15, -0.1) is 0 Å². The second-order valence-electron chi connectivity index (χ2n) is 4.84. The molecule has 0 spiro atoms. The van der Waals surface area contributed by atoms with Crippen molar-refractivity contribution in [1.82, 2.24) is 14.9 Å². The van der Waals surface area contributed by atoms with Crippen LogP contribution in [0.1, 0.15) is 11.1 Å². The maximum Gasteiger partial charge on any atom is 0.141 e. The molecule has 0 aliphatic carbocycles. The molecule has 4 heteroatoms. The number of rotatable bonds is 4. The summed E-state index contributed by atoms with van der Waals surface area (Å²) in [6.07, 6.45) is 4.96. The number of nitrogens with zero attached hydrogens (tertiary/aromatic N) is 2. The molecule has 0 saturated carbocycles. The largest absolute Gasteiger partial charge is 0.343 e. The Bertz CT molecular complexity index is 733. The lowest BCUT2D eigenvalue weighted by molar-refractivity contribution is 0.617. The number of nitrogens with one attached hydrogen (secondary N) is 1. The Kier molecular flexibility index (Phi) is 3.48. The van der Waals surface area contributed by atoms with Crippen LogP contribution < -0.4 is 5.32 Å². The van der Waals surface area contributed by atoms with Crippen molar-refractivity contribution in [1.29, 1.82) is 0 Å². The summed E-state index contributed by atoms with van der Waals surface area (Å²) in [6, 6.07) is 9.88. The van der Waals surface area contributed by atoms with Crippen molar-refractivity contribution < 1.29 is 4.39 Å². The van der Waals surface area contributed by atoms with Gasteiger partial charge in [0.25, 0.3) is 0 Å². The van der Waals surface area contributed by atoms with Crippen LogP contribution in [-0.4, -0.2) is 16.6 Å². The average molecular weight is 269 g/mol. The van der Waals surface area contributed by atoms with E-state index >= 15 is 0 Å². The minimum atomic E-state index is -0.296. The summed E-state index contributed by atoms with van der Waals surface area (Å²) in [7, 11) is 1.94. The summed E-state index contributed by atoms with van der Waals surface area (Å²) in [5.41, 5.74) is 3.28. The molecule has 3 aromatic rings. The summed E-state index contributed by atoms with van der Waals surface area (Å²) in [4.78, 5) is 3.89. The minimum absolute atomic E-state index is 0.296. The number of halogens is 1. The highest BCUT2D eigenvalue weighted by Gasteiger charge is 2.06. The Morgan fingerprint density at radius 1 is 1.25 bits per heavy atom. The topological polar surface area (TPSA) is 29.9 Å². The molecule has 3 rings (SSSR count). The molecule has 1 aromatic carbocycles. The predicted octanol–water partition coefficient (Wildman–Crippen LogP) is 2.94. The quantitative estimate of drug-likeness (QED) is 0.789. The van der Waals surface area contributed by atoms with Crippen LogP contribution in [0.15, 0.2) is 48.9 Å². The van der Waals surface area contributed by atoms with Crippen LogP contribution in [0.25, 0.3) is 10.9 Å². The van der Waals surface area contributed by atoms with Crippen LogP contribution in [0.3, 0.4) is 0 Å². The summed E-state index contributed by atoms with van der Waals surface area (Å²) < 4.78 is 15.3. The van der Waals surface area contributed by atoms with E-state index in [1.54, 1.807) is 6.20 Å². The van der Waals surface area contributed by atoms with Crippen LogP contribution in [-0.2, 0) is 13.1 Å². The molecule has 0 fully saturated rings. The molecular weight excluding hydrogens is 253 g/mol. The van der Waals surface area contributed by atoms with Crippen molar-refractivity contribution >= 4 is 10.9 Å². The maximum absolute atomic E-state index is 13.2. The fraction of sp³-hybridized carbons (Fsp3) is 0.188. The Morgan fingerprint density at radius 3 is 2.95 bits per heavy atom. The molecule has 0 radical (unpaired) electrons. The molecule has 2 heterocycles. The highest BCUT2D eigenvalue weighted by molar-refractivity contribution is 5.83. The van der Waals surface area contributed by atoms with Crippen LogP contribution in [0.4, 0.5) is 4.39 Å². The van der Waals surface area contributed by atoms with Gasteiger partial charge in [0, 0.05) is 36.4 Å². The Labute approximate surface area is 117 Å². The van der Waals surface area contributed by atoms with Crippen molar-refractivity contribution in [3.05, 3.63) is 65.9 Å². The predicted molar refractivity (Wildman–Crippen MR) is 78.0 cm³/mol. The highest BCUT2D eigenvalue weighted by atomic mass is 19.1. The first kappa shape index (κ1) is 12.8. The van der Waals surface area contributed by atoms with Crippen molar-refractivity contribution in [2.45, 2.75) is 13.1 Å². The lowest BCUT2D eigenvalue weighted by Crippen LogP contribution is -2.05. The normalized spacial score (nSPS) is 11.1. The van der Waals surface area contributed by atoms with E-state index in [4.69, 9.17) is 0 Å². The standard InChI is InChI=1S/C16H16FN3/c1-18-9-13-3-2-4-16-15(13)5-6-20(16)11-12-7-14(17)10-19-8-12/h2-8,10,18H,9,11H2,1H3. The van der Waals surface area contributed by atoms with Crippen molar-refractivity contribution in [3.63, 3.8) is 0 Å². The Balaban J connectivity index is 1.98. The van der Waals surface area contributed by atoms with E-state index in [0.717, 1.165) is 17.6 Å². The van der Waals surface area contributed by atoms with E-state index in [-0.39, 0.29) is 5.82 Å². The SMILES string of the molecule is CNCc1cccc2c1ccn2Cc1cncc(F)c1. The molecule has 0 saturated heterocycles. The summed E-state index contributed by atoms with van der Waals surface area (Å²) in [5.74, 6) is -0.296. The van der Waals surface area contributed by atoms with Gasteiger partial charge < -0.3 is 9.88 Å². The second-order valence-corrected chi connectivity index (χ2v) is 4.84. The van der Waals surface area contributed by atoms with Gasteiger partial charge in [-0.2, -0.15) is 0 Å². The molecule has 102 valence electrons. The van der Waals surface area contributed by atoms with Gasteiger partial charge in [0.1, 0.15) is 5.82 Å². The third kappa shape index (κ3) is 2.42. The number of fused-ring (bicyclic) bond motifs is 1. The Morgan fingerprint density at radius 2 is 2.15 bits per heavy atom. The number of hydrogen-bond donors (Lipinski definition) is 1. The van der Waals surface area contributed by atoms with E-state index in [1.165, 1.54) is 23.2 Å². The third-order valence-corrected chi connectivity index (χ3v) is 3.39. The zero-order chi connectivity index (χ0) is 13.9. The van der Waals surface area contributed by atoms with E-state index < -0.39 is 0 Å². The van der Waals surface area contributed by atoms with Gasteiger partial charge in [0.05, 0.1) is 6.20 Å². The minimum Gasteiger partial charge on any atom is -0.343 e. The van der Waals surface area contributed by atoms with Crippen molar-refractivity contribution in [2.75, 3.05) is 7.05 Å². The summed E-state index contributed by atoms with van der Waals surface area (Å²) >= 11 is 0. The monoisotopic (exact) mass is 269 g/mol. The molecule has 0 aliphatic rings. The third-order valence-electron chi connectivity index (χ3n) is 3.39. The van der Waals surface area contributed by atoms with E-state index in [2.05, 4.69) is 39.1 Å². The van der Waals surface area contributed by atoms with E-state index in [1.807, 2.05) is 13.2 Å². The van der Waals surface area contributed by atoms with Gasteiger partial charge >= 0.3 is 0 Å². The lowest BCUT2D eigenvalue weighted by atomic mass is 10.1. The van der Waals surface area contributed by atoms with E-state index in [9.17, 15) is 4.39 Å². The van der Waals surface area contributed by atoms with Crippen molar-refractivity contribution in [2.24, 2.45) is 0 Å². The summed E-state index contributed by atoms with van der Waals surface area (Å²) in [6.45, 7) is 1.46. The van der Waals surface area contributed by atoms with Gasteiger partial charge in [-0.3, -0.25) is 4.98 Å². The molecule has 0 amide bonds. The van der Waals surface area contributed by atoms with Gasteiger partial charge in [-0.05, 0) is 36.4 Å². The summed E-state index contributed by atoms with van der Waals surface area (Å²) in [5, 5.41) is 4.40. The van der Waals surface area contributed by atoms with Gasteiger partial charge in [0.2, 0.25) is 0 Å². The first-order valence-electron chi connectivity index (χ1n) is 6.58. The van der Waals surface area contributed by atoms with Gasteiger partial charge in [0.15, 0.2) is 0 Å². The van der Waals surface area contributed by atoms with Crippen LogP contribution in [0.2, 0.25) is 0 Å². The first-order chi connectivity index (χ1) is 9.78. The molecule has 1 N–H and O–H groups in total. The number of hydrogen-bond acceptors (Lipinski definition) is 2. The van der Waals surface area contributed by atoms with Gasteiger partial charge in [-0.1, -0.05) is 12.1 Å². The number of benzene rings is 1. The van der Waals surface area contributed by atoms with Crippen LogP contribution >= 0.6 is 0 Å². The molecule has 0 atom stereocenters. The van der Waals surface area contributed by atoms with E-state index in [0.29, 0.717) is 6.54 Å². The molecule has 20 heavy (non-hydrogen) atoms. The number of pyridine rings is 1. The second kappa shape index (κ2) is 5.43. The molecule has 3 nitrogen and oxygen atoms in total. The highest BCUT2D eigenvalue weighted by Crippen LogP contribution is 2.21. The zero-order valence-corrected chi connectivity index (χ0v) is 11.3. The van der Waals surface area contributed by atoms with Crippen molar-refractivity contribution in [3.8, 4) is 0 Å². The average Bonchev–Trinajstić information content (AvgIpc) is 2.84. The Hall–Kier alpha value is -2.20. The molecule has 2 aromatic heterocycles. The molecule has 0 bridgehead atoms. The first-order valence-corrected chi connectivity index (χ1v) is 6.58. The zero-order valence-electron chi connectivity index (χ0n) is 11.3. The lowest BCUT2D eigenvalue weighted by Gasteiger charge is -2.07. The van der Waals surface area contributed by atoms with Crippen LogP contribution in [0.5, 0.6) is 0 Å². The molecular formula is C16H16FN3. The maximum atomic E-state index is 13.2.